The molecule has 0 radical (unpaired) electrons. The zero-order chi connectivity index (χ0) is 19.8. The summed E-state index contributed by atoms with van der Waals surface area (Å²) in [5.74, 6) is -0.446. The number of nitrogens with one attached hydrogen (secondary N) is 2. The van der Waals surface area contributed by atoms with Crippen molar-refractivity contribution in [1.82, 2.24) is 15.5 Å². The highest BCUT2D eigenvalue weighted by Crippen LogP contribution is 2.30. The van der Waals surface area contributed by atoms with Crippen molar-refractivity contribution in [1.29, 1.82) is 0 Å². The number of carbonyl (C=O) groups excluding carboxylic acids is 4. The summed E-state index contributed by atoms with van der Waals surface area (Å²) in [5, 5.41) is 5.83. The Hall–Kier alpha value is -2.54. The first-order valence-electron chi connectivity index (χ1n) is 9.27. The van der Waals surface area contributed by atoms with Crippen LogP contribution >= 0.6 is 0 Å². The number of nitrogens with zero attached hydrogens (tertiary/aromatic N) is 1. The largest absolute Gasteiger partial charge is 0.357 e. The van der Waals surface area contributed by atoms with Gasteiger partial charge in [0.2, 0.25) is 5.91 Å². The van der Waals surface area contributed by atoms with Gasteiger partial charge >= 0.3 is 0 Å². The van der Waals surface area contributed by atoms with Crippen LogP contribution in [-0.2, 0) is 20.9 Å². The van der Waals surface area contributed by atoms with E-state index in [1.807, 2.05) is 19.2 Å². The third-order valence-electron chi connectivity index (χ3n) is 5.01. The molecule has 2 N–H and O–H groups in total. The normalized spacial score (nSPS) is 15.2. The molecule has 27 heavy (non-hydrogen) atoms. The van der Waals surface area contributed by atoms with E-state index in [4.69, 9.17) is 0 Å². The molecule has 2 atom stereocenters. The molecule has 1 heterocycles. The molecule has 0 aromatic heterocycles. The summed E-state index contributed by atoms with van der Waals surface area (Å²) in [7, 11) is 3.40. The Kier molecular flexibility index (Phi) is 7.67. The minimum absolute atomic E-state index is 0.101. The molecule has 7 heteroatoms. The van der Waals surface area contributed by atoms with Crippen molar-refractivity contribution >= 4 is 24.4 Å². The van der Waals surface area contributed by atoms with Crippen LogP contribution in [0.3, 0.4) is 0 Å². The zero-order valence-electron chi connectivity index (χ0n) is 15.9. The number of amides is 2. The lowest BCUT2D eigenvalue weighted by molar-refractivity contribution is -0.125. The van der Waals surface area contributed by atoms with Gasteiger partial charge in [-0.15, -0.1) is 0 Å². The Balaban J connectivity index is 2.21. The number of fused-ring (bicyclic) bond motifs is 1. The van der Waals surface area contributed by atoms with Crippen molar-refractivity contribution in [3.8, 4) is 0 Å². The Morgan fingerprint density at radius 1 is 1.19 bits per heavy atom. The minimum atomic E-state index is -0.656. The number of likely N-dealkylation sites (N-methyl/N-ethyl adjacent to an activating group) is 1. The Labute approximate surface area is 159 Å². The molecule has 0 saturated heterocycles. The second kappa shape index (κ2) is 9.97. The molecule has 0 spiro atoms. The van der Waals surface area contributed by atoms with Gasteiger partial charge in [-0.1, -0.05) is 12.1 Å². The molecule has 0 fully saturated rings. The average Bonchev–Trinajstić information content (AvgIpc) is 3.01. The van der Waals surface area contributed by atoms with Crippen molar-refractivity contribution in [2.45, 2.75) is 50.7 Å². The summed E-state index contributed by atoms with van der Waals surface area (Å²) in [5.41, 5.74) is 2.54. The lowest BCUT2D eigenvalue weighted by atomic mass is 9.97. The van der Waals surface area contributed by atoms with Gasteiger partial charge in [-0.2, -0.15) is 0 Å². The van der Waals surface area contributed by atoms with Crippen LogP contribution in [0.25, 0.3) is 0 Å². The molecule has 2 amide bonds. The fraction of sp³-hybridized carbons (Fsp3) is 0.500. The van der Waals surface area contributed by atoms with Gasteiger partial charge in [0.1, 0.15) is 18.6 Å². The van der Waals surface area contributed by atoms with E-state index in [0.29, 0.717) is 24.9 Å². The van der Waals surface area contributed by atoms with Crippen molar-refractivity contribution in [3.63, 3.8) is 0 Å². The van der Waals surface area contributed by atoms with E-state index in [2.05, 4.69) is 10.6 Å². The maximum absolute atomic E-state index is 12.8. The standard InChI is InChI=1S/C20H27N3O4/c1-21-17(6-3-4-10-24)14-8-9-16-15(12-14)13-23(20(16)27)18(7-5-11-25)19(26)22-2/h8-12,17-18,21H,3-7,13H2,1-2H3,(H,22,26). The van der Waals surface area contributed by atoms with Gasteiger partial charge in [-0.3, -0.25) is 9.59 Å². The van der Waals surface area contributed by atoms with E-state index in [1.165, 1.54) is 11.9 Å². The summed E-state index contributed by atoms with van der Waals surface area (Å²) in [6.45, 7) is 0.351. The lowest BCUT2D eigenvalue weighted by Crippen LogP contribution is -2.46. The van der Waals surface area contributed by atoms with Gasteiger partial charge in [0.05, 0.1) is 0 Å². The molecule has 2 rings (SSSR count). The molecule has 0 bridgehead atoms. The lowest BCUT2D eigenvalue weighted by Gasteiger charge is -2.25. The average molecular weight is 373 g/mol. The smallest absolute Gasteiger partial charge is 0.255 e. The second-order valence-corrected chi connectivity index (χ2v) is 6.66. The molecule has 7 nitrogen and oxygen atoms in total. The molecule has 2 unspecified atom stereocenters. The first-order valence-corrected chi connectivity index (χ1v) is 9.27. The van der Waals surface area contributed by atoms with E-state index in [9.17, 15) is 19.2 Å². The van der Waals surface area contributed by atoms with Gasteiger partial charge in [0.15, 0.2) is 0 Å². The molecular formula is C20H27N3O4. The van der Waals surface area contributed by atoms with Crippen molar-refractivity contribution < 1.29 is 19.2 Å². The monoisotopic (exact) mass is 373 g/mol. The fourth-order valence-corrected chi connectivity index (χ4v) is 3.54. The Morgan fingerprint density at radius 3 is 2.56 bits per heavy atom. The summed E-state index contributed by atoms with van der Waals surface area (Å²) in [6.07, 6.45) is 4.36. The predicted molar refractivity (Wildman–Crippen MR) is 101 cm³/mol. The SMILES string of the molecule is CNC(=O)C(CCC=O)N1Cc2cc(C(CCCC=O)NC)ccc2C1=O. The van der Waals surface area contributed by atoms with Crippen molar-refractivity contribution in [2.24, 2.45) is 0 Å². The zero-order valence-corrected chi connectivity index (χ0v) is 15.9. The third-order valence-corrected chi connectivity index (χ3v) is 5.01. The number of unbranched alkanes of at least 4 members (excludes halogenated alkanes) is 1. The summed E-state index contributed by atoms with van der Waals surface area (Å²) < 4.78 is 0. The summed E-state index contributed by atoms with van der Waals surface area (Å²) >= 11 is 0. The van der Waals surface area contributed by atoms with Crippen LogP contribution in [0.5, 0.6) is 0 Å². The molecule has 0 aliphatic carbocycles. The van der Waals surface area contributed by atoms with E-state index in [-0.39, 0.29) is 24.3 Å². The maximum atomic E-state index is 12.8. The Bertz CT molecular complexity index is 704. The second-order valence-electron chi connectivity index (χ2n) is 6.66. The number of carbonyl (C=O) groups is 4. The summed E-state index contributed by atoms with van der Waals surface area (Å²) in [4.78, 5) is 47.8. The quantitative estimate of drug-likeness (QED) is 0.451. The molecule has 1 aliphatic heterocycles. The van der Waals surface area contributed by atoms with E-state index >= 15 is 0 Å². The fourth-order valence-electron chi connectivity index (χ4n) is 3.54. The van der Waals surface area contributed by atoms with Gasteiger partial charge in [0, 0.05) is 38.0 Å². The maximum Gasteiger partial charge on any atom is 0.255 e. The summed E-state index contributed by atoms with van der Waals surface area (Å²) in [6, 6.07) is 5.16. The van der Waals surface area contributed by atoms with Crippen LogP contribution in [0, 0.1) is 0 Å². The highest BCUT2D eigenvalue weighted by atomic mass is 16.2. The van der Waals surface area contributed by atoms with Gasteiger partial charge in [-0.05, 0) is 43.5 Å². The molecule has 0 saturated carbocycles. The number of rotatable bonds is 11. The molecule has 1 aliphatic rings. The number of aldehydes is 2. The van der Waals surface area contributed by atoms with Crippen LogP contribution < -0.4 is 10.6 Å². The topological polar surface area (TPSA) is 95.6 Å². The van der Waals surface area contributed by atoms with Crippen molar-refractivity contribution in [2.75, 3.05) is 14.1 Å². The first kappa shape index (κ1) is 20.8. The van der Waals surface area contributed by atoms with Crippen LogP contribution in [-0.4, -0.2) is 49.4 Å². The minimum Gasteiger partial charge on any atom is -0.357 e. The predicted octanol–water partition coefficient (Wildman–Crippen LogP) is 1.37. The van der Waals surface area contributed by atoms with Gasteiger partial charge < -0.3 is 25.1 Å². The first-order chi connectivity index (χ1) is 13.1. The van der Waals surface area contributed by atoms with Crippen LogP contribution in [0.4, 0.5) is 0 Å². The van der Waals surface area contributed by atoms with Gasteiger partial charge in [-0.25, -0.2) is 0 Å². The van der Waals surface area contributed by atoms with E-state index in [0.717, 1.165) is 36.5 Å². The number of hydrogen-bond acceptors (Lipinski definition) is 5. The van der Waals surface area contributed by atoms with Crippen LogP contribution in [0.2, 0.25) is 0 Å². The Morgan fingerprint density at radius 2 is 1.93 bits per heavy atom. The highest BCUT2D eigenvalue weighted by Gasteiger charge is 2.36. The van der Waals surface area contributed by atoms with Crippen LogP contribution in [0.1, 0.15) is 59.6 Å². The number of benzene rings is 1. The van der Waals surface area contributed by atoms with Crippen molar-refractivity contribution in [3.05, 3.63) is 34.9 Å². The molecule has 146 valence electrons. The van der Waals surface area contributed by atoms with E-state index in [1.54, 1.807) is 6.07 Å². The third kappa shape index (κ3) is 4.80. The molecular weight excluding hydrogens is 346 g/mol. The van der Waals surface area contributed by atoms with E-state index < -0.39 is 6.04 Å². The molecule has 1 aromatic carbocycles. The number of hydrogen-bond donors (Lipinski definition) is 2. The van der Waals surface area contributed by atoms with Gasteiger partial charge in [0.25, 0.3) is 5.91 Å². The highest BCUT2D eigenvalue weighted by molar-refractivity contribution is 6.01. The molecule has 1 aromatic rings. The van der Waals surface area contributed by atoms with Crippen LogP contribution in [0.15, 0.2) is 18.2 Å².